The van der Waals surface area contributed by atoms with Crippen LogP contribution in [-0.4, -0.2) is 47.7 Å². The van der Waals surface area contributed by atoms with Crippen LogP contribution in [0.4, 0.5) is 5.82 Å². The van der Waals surface area contributed by atoms with E-state index >= 15 is 0 Å². The molecule has 0 aromatic carbocycles. The summed E-state index contributed by atoms with van der Waals surface area (Å²) in [6.07, 6.45) is 3.14. The van der Waals surface area contributed by atoms with Crippen molar-refractivity contribution in [3.8, 4) is 0 Å². The van der Waals surface area contributed by atoms with Gasteiger partial charge in [0, 0.05) is 18.5 Å². The van der Waals surface area contributed by atoms with Gasteiger partial charge in [0.1, 0.15) is 11.6 Å². The number of H-pyrrole nitrogens is 1. The summed E-state index contributed by atoms with van der Waals surface area (Å²) in [5.41, 5.74) is 0.707. The highest BCUT2D eigenvalue weighted by Crippen LogP contribution is 2.39. The molecule has 7 heteroatoms. The molecule has 2 aromatic heterocycles. The van der Waals surface area contributed by atoms with Crippen LogP contribution < -0.4 is 4.90 Å². The maximum atomic E-state index is 6.64. The number of aromatic nitrogens is 4. The van der Waals surface area contributed by atoms with E-state index < -0.39 is 8.32 Å². The van der Waals surface area contributed by atoms with Crippen molar-refractivity contribution in [2.24, 2.45) is 0 Å². The summed E-state index contributed by atoms with van der Waals surface area (Å²) in [5.74, 6) is 1.83. The second-order valence-electron chi connectivity index (χ2n) is 9.99. The Morgan fingerprint density at radius 3 is 2.46 bits per heavy atom. The van der Waals surface area contributed by atoms with Crippen LogP contribution in [0.15, 0.2) is 6.20 Å². The van der Waals surface area contributed by atoms with Crippen LogP contribution in [0.2, 0.25) is 18.1 Å². The van der Waals surface area contributed by atoms with Crippen molar-refractivity contribution in [2.75, 3.05) is 18.0 Å². The fraction of sp³-hybridized carbons (Fsp3) is 0.737. The molecule has 3 rings (SSSR count). The largest absolute Gasteiger partial charge is 0.412 e. The fourth-order valence-corrected chi connectivity index (χ4v) is 4.39. The minimum absolute atomic E-state index is 0.106. The molecule has 1 aliphatic heterocycles. The maximum Gasteiger partial charge on any atom is 0.192 e. The van der Waals surface area contributed by atoms with Crippen molar-refractivity contribution in [1.29, 1.82) is 0 Å². The first-order valence-corrected chi connectivity index (χ1v) is 12.4. The van der Waals surface area contributed by atoms with Gasteiger partial charge in [-0.15, -0.1) is 0 Å². The van der Waals surface area contributed by atoms with E-state index in [1.165, 1.54) is 0 Å². The van der Waals surface area contributed by atoms with E-state index in [-0.39, 0.29) is 16.6 Å². The minimum Gasteiger partial charge on any atom is -0.412 e. The van der Waals surface area contributed by atoms with Gasteiger partial charge < -0.3 is 9.33 Å². The van der Waals surface area contributed by atoms with Crippen molar-refractivity contribution in [3.05, 3.63) is 12.0 Å². The van der Waals surface area contributed by atoms with Gasteiger partial charge in [-0.25, -0.2) is 9.97 Å². The van der Waals surface area contributed by atoms with Crippen LogP contribution in [0.5, 0.6) is 0 Å². The number of nitrogens with one attached hydrogen (secondary N) is 1. The van der Waals surface area contributed by atoms with Gasteiger partial charge in [0.25, 0.3) is 0 Å². The van der Waals surface area contributed by atoms with E-state index in [0.29, 0.717) is 0 Å². The number of hydrogen-bond acceptors (Lipinski definition) is 5. The zero-order valence-electron chi connectivity index (χ0n) is 17.5. The summed E-state index contributed by atoms with van der Waals surface area (Å²) in [7, 11) is -1.76. The molecular formula is C19H33N5OSi. The Hall–Kier alpha value is -1.47. The number of rotatable bonds is 3. The van der Waals surface area contributed by atoms with Gasteiger partial charge in [0.2, 0.25) is 0 Å². The van der Waals surface area contributed by atoms with Gasteiger partial charge in [-0.1, -0.05) is 41.5 Å². The van der Waals surface area contributed by atoms with Crippen molar-refractivity contribution in [1.82, 2.24) is 20.2 Å². The highest BCUT2D eigenvalue weighted by molar-refractivity contribution is 6.74. The lowest BCUT2D eigenvalue weighted by Gasteiger charge is -2.38. The summed E-state index contributed by atoms with van der Waals surface area (Å²) < 4.78 is 6.64. The van der Waals surface area contributed by atoms with Crippen LogP contribution in [0.3, 0.4) is 0 Å². The van der Waals surface area contributed by atoms with Crippen molar-refractivity contribution in [2.45, 2.75) is 77.6 Å². The third kappa shape index (κ3) is 3.64. The molecule has 0 saturated carbocycles. The molecule has 1 N–H and O–H groups in total. The molecule has 1 fully saturated rings. The van der Waals surface area contributed by atoms with E-state index in [4.69, 9.17) is 9.41 Å². The van der Waals surface area contributed by atoms with Crippen LogP contribution in [-0.2, 0) is 9.84 Å². The first-order chi connectivity index (χ1) is 11.9. The lowest BCUT2D eigenvalue weighted by Crippen LogP contribution is -2.44. The van der Waals surface area contributed by atoms with Gasteiger partial charge >= 0.3 is 0 Å². The molecule has 0 spiro atoms. The monoisotopic (exact) mass is 375 g/mol. The average molecular weight is 376 g/mol. The van der Waals surface area contributed by atoms with E-state index in [1.54, 1.807) is 0 Å². The summed E-state index contributed by atoms with van der Waals surface area (Å²) in [4.78, 5) is 11.9. The van der Waals surface area contributed by atoms with Crippen molar-refractivity contribution >= 4 is 25.2 Å². The lowest BCUT2D eigenvalue weighted by atomic mass is 9.95. The van der Waals surface area contributed by atoms with Crippen LogP contribution >= 0.6 is 0 Å². The van der Waals surface area contributed by atoms with Crippen LogP contribution in [0, 0.1) is 0 Å². The Morgan fingerprint density at radius 1 is 1.15 bits per heavy atom. The molecule has 6 nitrogen and oxygen atoms in total. The molecule has 1 aliphatic rings. The number of nitrogens with zero attached hydrogens (tertiary/aromatic N) is 4. The average Bonchev–Trinajstić information content (AvgIpc) is 3.12. The Morgan fingerprint density at radius 2 is 1.85 bits per heavy atom. The Kier molecular flexibility index (Phi) is 4.68. The maximum absolute atomic E-state index is 6.64. The summed E-state index contributed by atoms with van der Waals surface area (Å²) in [6.45, 7) is 19.8. The van der Waals surface area contributed by atoms with E-state index in [0.717, 1.165) is 42.2 Å². The molecule has 0 aliphatic carbocycles. The summed E-state index contributed by atoms with van der Waals surface area (Å²) in [6, 6.07) is 0. The number of fused-ring (bicyclic) bond motifs is 1. The zero-order valence-corrected chi connectivity index (χ0v) is 18.5. The van der Waals surface area contributed by atoms with Gasteiger partial charge in [0.05, 0.1) is 17.7 Å². The van der Waals surface area contributed by atoms with Crippen molar-refractivity contribution < 1.29 is 4.43 Å². The second-order valence-corrected chi connectivity index (χ2v) is 14.7. The molecular weight excluding hydrogens is 342 g/mol. The Labute approximate surface area is 157 Å². The van der Waals surface area contributed by atoms with Crippen LogP contribution in [0.25, 0.3) is 11.0 Å². The molecule has 1 unspecified atom stereocenters. The van der Waals surface area contributed by atoms with Crippen molar-refractivity contribution in [3.63, 3.8) is 0 Å². The summed E-state index contributed by atoms with van der Waals surface area (Å²) >= 11 is 0. The van der Waals surface area contributed by atoms with E-state index in [9.17, 15) is 0 Å². The predicted octanol–water partition coefficient (Wildman–Crippen LogP) is 4.25. The molecule has 1 saturated heterocycles. The Balaban J connectivity index is 1.86. The number of hydrogen-bond donors (Lipinski definition) is 1. The van der Waals surface area contributed by atoms with E-state index in [2.05, 4.69) is 74.7 Å². The minimum atomic E-state index is -1.76. The van der Waals surface area contributed by atoms with E-state index in [1.807, 2.05) is 6.20 Å². The smallest absolute Gasteiger partial charge is 0.192 e. The topological polar surface area (TPSA) is 66.9 Å². The first kappa shape index (κ1) is 19.3. The molecule has 1 atom stereocenters. The molecule has 0 amide bonds. The van der Waals surface area contributed by atoms with Gasteiger partial charge in [-0.2, -0.15) is 5.10 Å². The molecule has 2 aromatic rings. The summed E-state index contributed by atoms with van der Waals surface area (Å²) in [5, 5.41) is 8.42. The molecule has 144 valence electrons. The third-order valence-electron chi connectivity index (χ3n) is 5.67. The quantitative estimate of drug-likeness (QED) is 0.812. The first-order valence-electron chi connectivity index (χ1n) is 9.53. The fourth-order valence-electron chi connectivity index (χ4n) is 3.01. The van der Waals surface area contributed by atoms with Gasteiger partial charge in [-0.05, 0) is 24.6 Å². The highest BCUT2D eigenvalue weighted by Gasteiger charge is 2.41. The van der Waals surface area contributed by atoms with Crippen LogP contribution in [0.1, 0.15) is 53.8 Å². The standard InChI is InChI=1S/C19H33N5OSi/c1-18(2,3)17-21-15-14(11-20-23-15)16(22-17)24-10-9-13(12-24)25-26(7,8)19(4,5)6/h11,13H,9-10,12H2,1-8H3,(H,20,21,22,23). The second kappa shape index (κ2) is 6.30. The molecule has 0 bridgehead atoms. The lowest BCUT2D eigenvalue weighted by molar-refractivity contribution is 0.202. The zero-order chi connectivity index (χ0) is 19.3. The number of aromatic amines is 1. The number of anilines is 1. The predicted molar refractivity (Wildman–Crippen MR) is 109 cm³/mol. The molecule has 3 heterocycles. The molecule has 26 heavy (non-hydrogen) atoms. The normalized spacial score (nSPS) is 19.5. The Bertz CT molecular complexity index is 787. The van der Waals surface area contributed by atoms with Gasteiger partial charge in [-0.3, -0.25) is 5.10 Å². The third-order valence-corrected chi connectivity index (χ3v) is 10.2. The van der Waals surface area contributed by atoms with Gasteiger partial charge in [0.15, 0.2) is 14.0 Å². The SMILES string of the molecule is CC(C)(C)c1nc(N2CCC(O[Si](C)(C)C(C)(C)C)C2)c2cn[nH]c2n1. The molecule has 0 radical (unpaired) electrons. The highest BCUT2D eigenvalue weighted by atomic mass is 28.4.